The van der Waals surface area contributed by atoms with Crippen molar-refractivity contribution in [2.24, 2.45) is 0 Å². The lowest BCUT2D eigenvalue weighted by molar-refractivity contribution is 0.0713. The molecule has 5 rings (SSSR count). The van der Waals surface area contributed by atoms with Gasteiger partial charge in [0.05, 0.1) is 11.1 Å². The van der Waals surface area contributed by atoms with Gasteiger partial charge >= 0.3 is 0 Å². The minimum absolute atomic E-state index is 0.0895. The predicted molar refractivity (Wildman–Crippen MR) is 110 cm³/mol. The molecule has 29 heavy (non-hydrogen) atoms. The summed E-state index contributed by atoms with van der Waals surface area (Å²) in [7, 11) is 0. The number of nitrogens with zero attached hydrogens (tertiary/aromatic N) is 3. The van der Waals surface area contributed by atoms with Crippen molar-refractivity contribution in [2.75, 3.05) is 24.5 Å². The predicted octanol–water partition coefficient (Wildman–Crippen LogP) is 3.89. The fourth-order valence-corrected chi connectivity index (χ4v) is 4.16. The van der Waals surface area contributed by atoms with Gasteiger partial charge in [0.25, 0.3) is 5.91 Å². The summed E-state index contributed by atoms with van der Waals surface area (Å²) < 4.78 is 11.4. The summed E-state index contributed by atoms with van der Waals surface area (Å²) in [6, 6.07) is 16.4. The van der Waals surface area contributed by atoms with E-state index in [9.17, 15) is 4.79 Å². The first-order valence-corrected chi connectivity index (χ1v) is 9.95. The Morgan fingerprint density at radius 3 is 2.69 bits per heavy atom. The molecule has 3 aromatic rings. The second-order valence-electron chi connectivity index (χ2n) is 7.75. The third-order valence-corrected chi connectivity index (χ3v) is 5.77. The van der Waals surface area contributed by atoms with Crippen molar-refractivity contribution in [2.45, 2.75) is 26.5 Å². The minimum atomic E-state index is -0.0895. The Morgan fingerprint density at radius 1 is 1.10 bits per heavy atom. The summed E-state index contributed by atoms with van der Waals surface area (Å²) in [5, 5.41) is 4.12. The number of hydrogen-bond donors (Lipinski definition) is 0. The van der Waals surface area contributed by atoms with Crippen LogP contribution in [0.25, 0.3) is 11.3 Å². The first-order chi connectivity index (χ1) is 14.1. The summed E-state index contributed by atoms with van der Waals surface area (Å²) in [6.07, 6.45) is 0. The van der Waals surface area contributed by atoms with E-state index in [-0.39, 0.29) is 11.9 Å². The Labute approximate surface area is 169 Å². The number of aryl methyl sites for hydroxylation is 1. The third-order valence-electron chi connectivity index (χ3n) is 5.77. The molecule has 1 saturated heterocycles. The largest absolute Gasteiger partial charge is 0.488 e. The Bertz CT molecular complexity index is 1060. The van der Waals surface area contributed by atoms with E-state index in [1.54, 1.807) is 0 Å². The van der Waals surface area contributed by atoms with Crippen LogP contribution in [-0.4, -0.2) is 41.6 Å². The van der Waals surface area contributed by atoms with Gasteiger partial charge in [-0.1, -0.05) is 35.0 Å². The molecule has 0 unspecified atom stereocenters. The molecule has 2 aromatic carbocycles. The maximum atomic E-state index is 13.2. The fraction of sp³-hybridized carbons (Fsp3) is 0.304. The zero-order chi connectivity index (χ0) is 20.0. The van der Waals surface area contributed by atoms with Crippen molar-refractivity contribution in [1.82, 2.24) is 10.1 Å². The number of carbonyl (C=O) groups is 1. The summed E-state index contributed by atoms with van der Waals surface area (Å²) in [4.78, 5) is 17.4. The highest BCUT2D eigenvalue weighted by Crippen LogP contribution is 2.38. The van der Waals surface area contributed by atoms with E-state index in [0.29, 0.717) is 31.2 Å². The Balaban J connectivity index is 1.35. The average Bonchev–Trinajstić information content (AvgIpc) is 3.18. The number of fused-ring (bicyclic) bond motifs is 3. The van der Waals surface area contributed by atoms with E-state index in [1.807, 2.05) is 29.2 Å². The molecule has 2 aliphatic heterocycles. The van der Waals surface area contributed by atoms with Crippen LogP contribution in [0.1, 0.15) is 28.5 Å². The summed E-state index contributed by atoms with van der Waals surface area (Å²) in [5.74, 6) is 1.31. The molecule has 0 saturated carbocycles. The van der Waals surface area contributed by atoms with Crippen molar-refractivity contribution in [3.8, 4) is 17.1 Å². The molecular weight excluding hydrogens is 366 g/mol. The zero-order valence-corrected chi connectivity index (χ0v) is 16.6. The zero-order valence-electron chi connectivity index (χ0n) is 16.6. The highest BCUT2D eigenvalue weighted by Gasteiger charge is 2.33. The van der Waals surface area contributed by atoms with Gasteiger partial charge in [0, 0.05) is 31.4 Å². The number of ether oxygens (including phenoxy) is 1. The van der Waals surface area contributed by atoms with Crippen LogP contribution in [0.15, 0.2) is 53.1 Å². The normalized spacial score (nSPS) is 18.1. The van der Waals surface area contributed by atoms with Crippen LogP contribution < -0.4 is 9.64 Å². The summed E-state index contributed by atoms with van der Waals surface area (Å²) in [5.41, 5.74) is 4.39. The molecule has 6 nitrogen and oxygen atoms in total. The lowest BCUT2D eigenvalue weighted by atomic mass is 10.0. The van der Waals surface area contributed by atoms with E-state index < -0.39 is 0 Å². The fourth-order valence-electron chi connectivity index (χ4n) is 4.16. The number of anilines is 1. The molecule has 1 fully saturated rings. The van der Waals surface area contributed by atoms with Crippen LogP contribution in [0.2, 0.25) is 0 Å². The highest BCUT2D eigenvalue weighted by atomic mass is 16.5. The van der Waals surface area contributed by atoms with Gasteiger partial charge in [-0.2, -0.15) is 0 Å². The molecular formula is C23H23N3O3. The number of piperazine rings is 1. The van der Waals surface area contributed by atoms with Gasteiger partial charge in [0.2, 0.25) is 0 Å². The van der Waals surface area contributed by atoms with Crippen LogP contribution in [0.5, 0.6) is 5.75 Å². The van der Waals surface area contributed by atoms with Crippen molar-refractivity contribution in [3.63, 3.8) is 0 Å². The van der Waals surface area contributed by atoms with Crippen molar-refractivity contribution in [3.05, 3.63) is 65.4 Å². The van der Waals surface area contributed by atoms with Gasteiger partial charge in [0.15, 0.2) is 11.5 Å². The number of aromatic nitrogens is 1. The first kappa shape index (κ1) is 17.8. The number of benzene rings is 2. The second kappa shape index (κ2) is 6.95. The molecule has 0 radical (unpaired) electrons. The maximum Gasteiger partial charge on any atom is 0.276 e. The standard InChI is InChI=1S/C23H23N3O3/c1-15-7-9-17(10-8-15)26-12-11-25(13-16(26)2)23(27)21-19-14-28-20-6-4-3-5-18(20)22(19)29-24-21/h3-10,16H,11-14H2,1-2H3/t16-/m1/s1. The molecule has 2 aliphatic rings. The number of amides is 1. The van der Waals surface area contributed by atoms with Gasteiger partial charge in [0.1, 0.15) is 12.4 Å². The van der Waals surface area contributed by atoms with Crippen LogP contribution >= 0.6 is 0 Å². The number of para-hydroxylation sites is 1. The molecule has 0 N–H and O–H groups in total. The number of carbonyl (C=O) groups excluding carboxylic acids is 1. The van der Waals surface area contributed by atoms with Crippen LogP contribution in [0.3, 0.4) is 0 Å². The Kier molecular flexibility index (Phi) is 4.27. The summed E-state index contributed by atoms with van der Waals surface area (Å²) >= 11 is 0. The van der Waals surface area contributed by atoms with Gasteiger partial charge in [-0.05, 0) is 38.1 Å². The van der Waals surface area contributed by atoms with E-state index in [0.717, 1.165) is 23.4 Å². The molecule has 6 heteroatoms. The van der Waals surface area contributed by atoms with Crippen molar-refractivity contribution >= 4 is 11.6 Å². The second-order valence-corrected chi connectivity index (χ2v) is 7.75. The van der Waals surface area contributed by atoms with E-state index >= 15 is 0 Å². The van der Waals surface area contributed by atoms with Crippen molar-refractivity contribution in [1.29, 1.82) is 0 Å². The van der Waals surface area contributed by atoms with Gasteiger partial charge in [-0.25, -0.2) is 0 Å². The topological polar surface area (TPSA) is 58.8 Å². The van der Waals surface area contributed by atoms with E-state index in [1.165, 1.54) is 11.3 Å². The van der Waals surface area contributed by atoms with Crippen LogP contribution in [0, 0.1) is 6.92 Å². The third kappa shape index (κ3) is 3.05. The number of rotatable bonds is 2. The Morgan fingerprint density at radius 2 is 1.90 bits per heavy atom. The van der Waals surface area contributed by atoms with Crippen LogP contribution in [0.4, 0.5) is 5.69 Å². The van der Waals surface area contributed by atoms with Crippen LogP contribution in [-0.2, 0) is 6.61 Å². The van der Waals surface area contributed by atoms with Gasteiger partial charge in [-0.15, -0.1) is 0 Å². The van der Waals surface area contributed by atoms with Gasteiger partial charge < -0.3 is 19.1 Å². The van der Waals surface area contributed by atoms with Gasteiger partial charge in [-0.3, -0.25) is 4.79 Å². The molecule has 0 bridgehead atoms. The van der Waals surface area contributed by atoms with E-state index in [2.05, 4.69) is 48.2 Å². The molecule has 0 spiro atoms. The smallest absolute Gasteiger partial charge is 0.276 e. The minimum Gasteiger partial charge on any atom is -0.488 e. The quantitative estimate of drug-likeness (QED) is 0.665. The molecule has 3 heterocycles. The Hall–Kier alpha value is -3.28. The highest BCUT2D eigenvalue weighted by molar-refractivity contribution is 5.96. The average molecular weight is 389 g/mol. The lowest BCUT2D eigenvalue weighted by Gasteiger charge is -2.41. The molecule has 1 aromatic heterocycles. The molecule has 1 amide bonds. The van der Waals surface area contributed by atoms with Crippen molar-refractivity contribution < 1.29 is 14.1 Å². The first-order valence-electron chi connectivity index (χ1n) is 9.95. The summed E-state index contributed by atoms with van der Waals surface area (Å²) in [6.45, 7) is 6.62. The number of hydrogen-bond acceptors (Lipinski definition) is 5. The molecule has 148 valence electrons. The van der Waals surface area contributed by atoms with E-state index in [4.69, 9.17) is 9.26 Å². The SMILES string of the molecule is Cc1ccc(N2CCN(C(=O)c3noc4c3COc3ccccc3-4)C[C@H]2C)cc1. The monoisotopic (exact) mass is 389 g/mol. The lowest BCUT2D eigenvalue weighted by Crippen LogP contribution is -2.54. The maximum absolute atomic E-state index is 13.2. The molecule has 0 aliphatic carbocycles. The molecule has 1 atom stereocenters.